The molecule has 2 fully saturated rings. The minimum atomic E-state index is -0.918. The van der Waals surface area contributed by atoms with Crippen LogP contribution in [0.15, 0.2) is 0 Å². The first-order valence-electron chi connectivity index (χ1n) is 8.72. The lowest BCUT2D eigenvalue weighted by atomic mass is 9.71. The summed E-state index contributed by atoms with van der Waals surface area (Å²) in [5.74, 6) is 0. The zero-order valence-electron chi connectivity index (χ0n) is 15.1. The Kier molecular flexibility index (Phi) is 5.28. The highest BCUT2D eigenvalue weighted by Crippen LogP contribution is 2.37. The molecule has 2 saturated heterocycles. The van der Waals surface area contributed by atoms with E-state index >= 15 is 0 Å². The van der Waals surface area contributed by atoms with Gasteiger partial charge in [-0.2, -0.15) is 0 Å². The molecule has 2 aliphatic heterocycles. The van der Waals surface area contributed by atoms with Crippen molar-refractivity contribution in [1.82, 2.24) is 9.80 Å². The molecule has 0 spiro atoms. The number of aliphatic hydroxyl groups is 1. The van der Waals surface area contributed by atoms with Crippen LogP contribution in [0.3, 0.4) is 0 Å². The molecule has 6 nitrogen and oxygen atoms in total. The van der Waals surface area contributed by atoms with E-state index < -0.39 is 16.7 Å². The summed E-state index contributed by atoms with van der Waals surface area (Å²) < 4.78 is 5.47. The van der Waals surface area contributed by atoms with Crippen LogP contribution < -0.4 is 5.73 Å². The molecule has 134 valence electrons. The number of ether oxygens (including phenoxy) is 1. The molecular formula is C17H33N3O3. The largest absolute Gasteiger partial charge is 0.444 e. The van der Waals surface area contributed by atoms with Gasteiger partial charge >= 0.3 is 6.09 Å². The monoisotopic (exact) mass is 327 g/mol. The minimum absolute atomic E-state index is 0.332. The van der Waals surface area contributed by atoms with Crippen molar-refractivity contribution < 1.29 is 14.6 Å². The topological polar surface area (TPSA) is 79.0 Å². The van der Waals surface area contributed by atoms with Gasteiger partial charge in [0.25, 0.3) is 0 Å². The van der Waals surface area contributed by atoms with Gasteiger partial charge in [0.05, 0.1) is 11.1 Å². The second kappa shape index (κ2) is 6.57. The second-order valence-electron chi connectivity index (χ2n) is 8.35. The quantitative estimate of drug-likeness (QED) is 0.764. The summed E-state index contributed by atoms with van der Waals surface area (Å²) in [5, 5.41) is 11.3. The molecule has 2 rings (SSSR count). The first-order valence-corrected chi connectivity index (χ1v) is 8.72. The van der Waals surface area contributed by atoms with E-state index in [1.165, 1.54) is 0 Å². The molecule has 0 aromatic heterocycles. The summed E-state index contributed by atoms with van der Waals surface area (Å²) in [6.45, 7) is 8.40. The summed E-state index contributed by atoms with van der Waals surface area (Å²) in [7, 11) is 2.07. The van der Waals surface area contributed by atoms with Crippen LogP contribution in [-0.4, -0.2) is 71.0 Å². The lowest BCUT2D eigenvalue weighted by Gasteiger charge is -2.49. The average molecular weight is 327 g/mol. The van der Waals surface area contributed by atoms with E-state index in [9.17, 15) is 9.90 Å². The van der Waals surface area contributed by atoms with E-state index in [1.807, 2.05) is 20.8 Å². The van der Waals surface area contributed by atoms with Crippen molar-refractivity contribution in [1.29, 1.82) is 0 Å². The predicted molar refractivity (Wildman–Crippen MR) is 90.3 cm³/mol. The minimum Gasteiger partial charge on any atom is -0.444 e. The summed E-state index contributed by atoms with van der Waals surface area (Å²) in [6.07, 6.45) is 3.48. The van der Waals surface area contributed by atoms with Gasteiger partial charge in [-0.15, -0.1) is 0 Å². The number of hydrogen-bond acceptors (Lipinski definition) is 5. The first-order chi connectivity index (χ1) is 10.5. The number of amides is 1. The Hall–Kier alpha value is -0.850. The Labute approximate surface area is 139 Å². The van der Waals surface area contributed by atoms with Gasteiger partial charge in [-0.3, -0.25) is 0 Å². The van der Waals surface area contributed by atoms with Gasteiger partial charge in [0, 0.05) is 19.6 Å². The SMILES string of the molecule is CN1CCCC(O)(C2(N)CCCN(C(=O)OC(C)(C)C)C2)CC1. The van der Waals surface area contributed by atoms with Crippen LogP contribution in [0.2, 0.25) is 0 Å². The number of nitrogens with two attached hydrogens (primary N) is 1. The highest BCUT2D eigenvalue weighted by atomic mass is 16.6. The molecule has 2 aliphatic rings. The van der Waals surface area contributed by atoms with Crippen molar-refractivity contribution in [3.8, 4) is 0 Å². The molecule has 3 N–H and O–H groups in total. The molecule has 6 heteroatoms. The molecule has 0 aliphatic carbocycles. The summed E-state index contributed by atoms with van der Waals surface area (Å²) in [5.41, 5.74) is 4.46. The number of carbonyl (C=O) groups excluding carboxylic acids is 1. The first kappa shape index (κ1) is 18.5. The Balaban J connectivity index is 2.10. The van der Waals surface area contributed by atoms with E-state index in [4.69, 9.17) is 10.5 Å². The van der Waals surface area contributed by atoms with Gasteiger partial charge in [-0.25, -0.2) is 4.79 Å². The number of rotatable bonds is 1. The molecule has 23 heavy (non-hydrogen) atoms. The van der Waals surface area contributed by atoms with Crippen molar-refractivity contribution in [2.45, 2.75) is 69.6 Å². The van der Waals surface area contributed by atoms with Crippen molar-refractivity contribution in [2.24, 2.45) is 5.73 Å². The van der Waals surface area contributed by atoms with Gasteiger partial charge in [0.1, 0.15) is 5.60 Å². The second-order valence-corrected chi connectivity index (χ2v) is 8.35. The fraction of sp³-hybridized carbons (Fsp3) is 0.941. The highest BCUT2D eigenvalue weighted by molar-refractivity contribution is 5.68. The predicted octanol–water partition coefficient (Wildman–Crippen LogP) is 1.56. The molecule has 0 bridgehead atoms. The van der Waals surface area contributed by atoms with Crippen LogP contribution in [-0.2, 0) is 4.74 Å². The van der Waals surface area contributed by atoms with Crippen molar-refractivity contribution in [3.63, 3.8) is 0 Å². The molecule has 0 radical (unpaired) electrons. The lowest BCUT2D eigenvalue weighted by Crippen LogP contribution is -2.68. The average Bonchev–Trinajstić information content (AvgIpc) is 2.60. The van der Waals surface area contributed by atoms with Gasteiger partial charge in [0.15, 0.2) is 0 Å². The molecule has 1 amide bonds. The van der Waals surface area contributed by atoms with Crippen LogP contribution >= 0.6 is 0 Å². The van der Waals surface area contributed by atoms with Crippen molar-refractivity contribution >= 4 is 6.09 Å². The third kappa shape index (κ3) is 4.37. The summed E-state index contributed by atoms with van der Waals surface area (Å²) >= 11 is 0. The summed E-state index contributed by atoms with van der Waals surface area (Å²) in [4.78, 5) is 16.3. The van der Waals surface area contributed by atoms with Crippen LogP contribution in [0.4, 0.5) is 4.79 Å². The molecule has 0 aromatic rings. The van der Waals surface area contributed by atoms with E-state index in [0.29, 0.717) is 25.9 Å². The standard InChI is InChI=1S/C17H33N3O3/c1-15(2,3)23-14(21)20-11-5-7-16(18,13-20)17(22)8-6-10-19(4)12-9-17/h22H,5-13,18H2,1-4H3. The van der Waals surface area contributed by atoms with E-state index in [-0.39, 0.29) is 6.09 Å². The third-order valence-electron chi connectivity index (χ3n) is 5.14. The summed E-state index contributed by atoms with van der Waals surface area (Å²) in [6, 6.07) is 0. The zero-order valence-corrected chi connectivity index (χ0v) is 15.1. The number of likely N-dealkylation sites (tertiary alicyclic amines) is 2. The Morgan fingerprint density at radius 3 is 2.43 bits per heavy atom. The normalized spacial score (nSPS) is 34.1. The van der Waals surface area contributed by atoms with Crippen LogP contribution in [0, 0.1) is 0 Å². The van der Waals surface area contributed by atoms with Crippen LogP contribution in [0.5, 0.6) is 0 Å². The number of nitrogens with zero attached hydrogens (tertiary/aromatic N) is 2. The van der Waals surface area contributed by atoms with Gasteiger partial charge < -0.3 is 25.4 Å². The maximum absolute atomic E-state index is 12.4. The molecular weight excluding hydrogens is 294 g/mol. The number of piperidine rings is 1. The molecule has 2 unspecified atom stereocenters. The smallest absolute Gasteiger partial charge is 0.410 e. The Bertz CT molecular complexity index is 437. The molecule has 2 atom stereocenters. The van der Waals surface area contributed by atoms with Crippen LogP contribution in [0.25, 0.3) is 0 Å². The van der Waals surface area contributed by atoms with E-state index in [2.05, 4.69) is 11.9 Å². The van der Waals surface area contributed by atoms with Crippen molar-refractivity contribution in [2.75, 3.05) is 33.2 Å². The van der Waals surface area contributed by atoms with Crippen LogP contribution in [0.1, 0.15) is 52.9 Å². The Morgan fingerprint density at radius 1 is 1.13 bits per heavy atom. The van der Waals surface area contributed by atoms with Gasteiger partial charge in [-0.05, 0) is 66.5 Å². The highest BCUT2D eigenvalue weighted by Gasteiger charge is 2.50. The fourth-order valence-corrected chi connectivity index (χ4v) is 3.70. The van der Waals surface area contributed by atoms with Gasteiger partial charge in [0.2, 0.25) is 0 Å². The maximum Gasteiger partial charge on any atom is 0.410 e. The van der Waals surface area contributed by atoms with E-state index in [1.54, 1.807) is 4.90 Å². The fourth-order valence-electron chi connectivity index (χ4n) is 3.70. The lowest BCUT2D eigenvalue weighted by molar-refractivity contribution is -0.0764. The zero-order chi connectivity index (χ0) is 17.3. The molecule has 0 saturated carbocycles. The molecule has 0 aromatic carbocycles. The van der Waals surface area contributed by atoms with E-state index in [0.717, 1.165) is 32.4 Å². The molecule has 2 heterocycles. The van der Waals surface area contributed by atoms with Gasteiger partial charge in [-0.1, -0.05) is 0 Å². The third-order valence-corrected chi connectivity index (χ3v) is 5.14. The maximum atomic E-state index is 12.4. The Morgan fingerprint density at radius 2 is 1.78 bits per heavy atom. The number of hydrogen-bond donors (Lipinski definition) is 2. The number of carbonyl (C=O) groups is 1. The van der Waals surface area contributed by atoms with Crippen molar-refractivity contribution in [3.05, 3.63) is 0 Å².